The molecule has 0 unspecified atom stereocenters. The number of rotatable bonds is 2. The zero-order valence-corrected chi connectivity index (χ0v) is 8.22. The highest BCUT2D eigenvalue weighted by Crippen LogP contribution is 1.89. The summed E-state index contributed by atoms with van der Waals surface area (Å²) >= 11 is 0. The lowest BCUT2D eigenvalue weighted by atomic mass is 10.2. The first kappa shape index (κ1) is 11.9. The summed E-state index contributed by atoms with van der Waals surface area (Å²) < 4.78 is 25.4. The standard InChI is InChI=1S/C7H11NO4S/c1-12-7(9)5-6(8)3-4-13(2,10)11/h6H,5,8H2,1-2H3/t6-/m1/s1. The van der Waals surface area contributed by atoms with Crippen LogP contribution in [0.4, 0.5) is 0 Å². The van der Waals surface area contributed by atoms with Crippen LogP contribution in [-0.4, -0.2) is 33.8 Å². The second-order valence-corrected chi connectivity index (χ2v) is 4.15. The van der Waals surface area contributed by atoms with Crippen molar-refractivity contribution in [2.75, 3.05) is 13.4 Å². The summed E-state index contributed by atoms with van der Waals surface area (Å²) in [5.41, 5.74) is 5.32. The van der Waals surface area contributed by atoms with Gasteiger partial charge in [-0.3, -0.25) is 4.79 Å². The van der Waals surface area contributed by atoms with Crippen LogP contribution in [0.5, 0.6) is 0 Å². The highest BCUT2D eigenvalue weighted by Gasteiger charge is 2.06. The van der Waals surface area contributed by atoms with Gasteiger partial charge in [0.1, 0.15) is 0 Å². The van der Waals surface area contributed by atoms with Crippen molar-refractivity contribution >= 4 is 15.8 Å². The fraction of sp³-hybridized carbons (Fsp3) is 0.571. The molecule has 0 rings (SSSR count). The Morgan fingerprint density at radius 1 is 1.62 bits per heavy atom. The van der Waals surface area contributed by atoms with Gasteiger partial charge in [0.2, 0.25) is 9.84 Å². The van der Waals surface area contributed by atoms with Gasteiger partial charge in [-0.15, -0.1) is 0 Å². The van der Waals surface area contributed by atoms with Crippen molar-refractivity contribution in [1.82, 2.24) is 0 Å². The van der Waals surface area contributed by atoms with E-state index in [0.29, 0.717) is 0 Å². The lowest BCUT2D eigenvalue weighted by Crippen LogP contribution is -2.22. The third-order valence-electron chi connectivity index (χ3n) is 1.04. The molecule has 2 N–H and O–H groups in total. The zero-order valence-electron chi connectivity index (χ0n) is 7.40. The number of methoxy groups -OCH3 is 1. The van der Waals surface area contributed by atoms with E-state index >= 15 is 0 Å². The van der Waals surface area contributed by atoms with E-state index in [-0.39, 0.29) is 6.42 Å². The Labute approximate surface area is 77.2 Å². The molecule has 5 nitrogen and oxygen atoms in total. The van der Waals surface area contributed by atoms with E-state index < -0.39 is 21.8 Å². The van der Waals surface area contributed by atoms with Gasteiger partial charge in [-0.25, -0.2) is 8.42 Å². The molecular weight excluding hydrogens is 194 g/mol. The number of carbonyl (C=O) groups is 1. The molecule has 0 saturated carbocycles. The Bertz CT molecular complexity index is 335. The van der Waals surface area contributed by atoms with Crippen molar-refractivity contribution in [1.29, 1.82) is 0 Å². The van der Waals surface area contributed by atoms with Crippen LogP contribution in [0.2, 0.25) is 0 Å². The molecule has 0 aromatic rings. The first-order valence-corrected chi connectivity index (χ1v) is 5.29. The van der Waals surface area contributed by atoms with Crippen molar-refractivity contribution in [3.8, 4) is 11.2 Å². The minimum Gasteiger partial charge on any atom is -0.469 e. The first-order valence-electron chi connectivity index (χ1n) is 3.40. The monoisotopic (exact) mass is 205 g/mol. The third-order valence-corrected chi connectivity index (χ3v) is 1.53. The normalized spacial score (nSPS) is 12.5. The van der Waals surface area contributed by atoms with Crippen molar-refractivity contribution in [3.63, 3.8) is 0 Å². The van der Waals surface area contributed by atoms with Crippen molar-refractivity contribution in [3.05, 3.63) is 0 Å². The van der Waals surface area contributed by atoms with Crippen LogP contribution in [0.25, 0.3) is 0 Å². The van der Waals surface area contributed by atoms with E-state index in [1.165, 1.54) is 7.11 Å². The summed E-state index contributed by atoms with van der Waals surface area (Å²) in [6.07, 6.45) is 0.851. The Balaban J connectivity index is 4.22. The van der Waals surface area contributed by atoms with Crippen molar-refractivity contribution in [2.24, 2.45) is 5.73 Å². The quantitative estimate of drug-likeness (QED) is 0.350. The average molecular weight is 205 g/mol. The average Bonchev–Trinajstić information content (AvgIpc) is 1.99. The molecule has 1 atom stereocenters. The van der Waals surface area contributed by atoms with Gasteiger partial charge in [0.15, 0.2) is 0 Å². The van der Waals surface area contributed by atoms with E-state index in [0.717, 1.165) is 6.26 Å². The second kappa shape index (κ2) is 4.84. The minimum atomic E-state index is -3.35. The van der Waals surface area contributed by atoms with E-state index in [4.69, 9.17) is 5.73 Å². The number of ether oxygens (including phenoxy) is 1. The molecule has 0 heterocycles. The van der Waals surface area contributed by atoms with Gasteiger partial charge >= 0.3 is 5.97 Å². The van der Waals surface area contributed by atoms with Gasteiger partial charge in [0, 0.05) is 5.25 Å². The summed E-state index contributed by atoms with van der Waals surface area (Å²) in [5, 5.41) is 1.94. The highest BCUT2D eigenvalue weighted by molar-refractivity contribution is 7.95. The van der Waals surface area contributed by atoms with Gasteiger partial charge < -0.3 is 10.5 Å². The molecule has 0 bridgehead atoms. The topological polar surface area (TPSA) is 86.5 Å². The Hall–Kier alpha value is -1.06. The van der Waals surface area contributed by atoms with Gasteiger partial charge in [-0.1, -0.05) is 5.92 Å². The molecule has 0 aromatic heterocycles. The predicted molar refractivity (Wildman–Crippen MR) is 47.2 cm³/mol. The molecule has 0 amide bonds. The third kappa shape index (κ3) is 7.31. The summed E-state index contributed by atoms with van der Waals surface area (Å²) in [5.74, 6) is 1.71. The fourth-order valence-corrected chi connectivity index (χ4v) is 0.862. The minimum absolute atomic E-state index is 0.112. The smallest absolute Gasteiger partial charge is 0.308 e. The van der Waals surface area contributed by atoms with Crippen LogP contribution in [0, 0.1) is 11.2 Å². The molecule has 0 saturated heterocycles. The molecule has 0 aliphatic rings. The van der Waals surface area contributed by atoms with E-state index in [1.807, 2.05) is 5.25 Å². The van der Waals surface area contributed by atoms with Crippen molar-refractivity contribution < 1.29 is 17.9 Å². The summed E-state index contributed by atoms with van der Waals surface area (Å²) in [6.45, 7) is 0. The number of sulfone groups is 1. The molecule has 0 fully saturated rings. The molecule has 13 heavy (non-hydrogen) atoms. The molecule has 0 aromatic carbocycles. The maximum Gasteiger partial charge on any atom is 0.308 e. The predicted octanol–water partition coefficient (Wildman–Crippen LogP) is -1.12. The van der Waals surface area contributed by atoms with E-state index in [2.05, 4.69) is 10.7 Å². The van der Waals surface area contributed by atoms with Crippen LogP contribution in [0.3, 0.4) is 0 Å². The summed E-state index contributed by atoms with van der Waals surface area (Å²) in [7, 11) is -2.13. The first-order chi connectivity index (χ1) is 5.85. The molecule has 0 spiro atoms. The van der Waals surface area contributed by atoms with Gasteiger partial charge in [-0.05, 0) is 0 Å². The van der Waals surface area contributed by atoms with Crippen LogP contribution >= 0.6 is 0 Å². The van der Waals surface area contributed by atoms with Gasteiger partial charge in [-0.2, -0.15) is 0 Å². The highest BCUT2D eigenvalue weighted by atomic mass is 32.2. The Kier molecular flexibility index (Phi) is 4.45. The number of hydrogen-bond donors (Lipinski definition) is 1. The van der Waals surface area contributed by atoms with Gasteiger partial charge in [0.05, 0.1) is 25.8 Å². The molecule has 74 valence electrons. The fourth-order valence-electron chi connectivity index (χ4n) is 0.497. The van der Waals surface area contributed by atoms with Crippen LogP contribution in [-0.2, 0) is 19.4 Å². The Morgan fingerprint density at radius 3 is 2.54 bits per heavy atom. The maximum atomic E-state index is 10.6. The second-order valence-electron chi connectivity index (χ2n) is 2.41. The largest absolute Gasteiger partial charge is 0.469 e. The molecule has 0 aliphatic heterocycles. The van der Waals surface area contributed by atoms with Crippen LogP contribution in [0.1, 0.15) is 6.42 Å². The maximum absolute atomic E-state index is 10.6. The molecular formula is C7H11NO4S. The number of nitrogens with two attached hydrogens (primary N) is 1. The van der Waals surface area contributed by atoms with E-state index in [1.54, 1.807) is 0 Å². The summed E-state index contributed by atoms with van der Waals surface area (Å²) in [6, 6.07) is -0.804. The lowest BCUT2D eigenvalue weighted by molar-refractivity contribution is -0.140. The number of hydrogen-bond acceptors (Lipinski definition) is 5. The molecule has 6 heteroatoms. The zero-order chi connectivity index (χ0) is 10.5. The lowest BCUT2D eigenvalue weighted by Gasteiger charge is -2.00. The Morgan fingerprint density at radius 2 is 2.15 bits per heavy atom. The van der Waals surface area contributed by atoms with Crippen LogP contribution < -0.4 is 5.73 Å². The summed E-state index contributed by atoms with van der Waals surface area (Å²) in [4.78, 5) is 10.6. The van der Waals surface area contributed by atoms with Gasteiger partial charge in [0.25, 0.3) is 0 Å². The van der Waals surface area contributed by atoms with E-state index in [9.17, 15) is 13.2 Å². The van der Waals surface area contributed by atoms with Crippen LogP contribution in [0.15, 0.2) is 0 Å². The molecule has 0 aliphatic carbocycles. The number of carbonyl (C=O) groups excluding carboxylic acids is 1. The SMILES string of the molecule is COC(=O)C[C@H](N)C#CS(C)(=O)=O. The van der Waals surface area contributed by atoms with Crippen molar-refractivity contribution in [2.45, 2.75) is 12.5 Å². The molecule has 0 radical (unpaired) electrons. The number of esters is 1.